The number of nitrogens with one attached hydrogen (secondary N) is 3. The zero-order chi connectivity index (χ0) is 35.2. The molecule has 1 saturated heterocycles. The van der Waals surface area contributed by atoms with E-state index in [4.69, 9.17) is 4.74 Å². The number of hydrogen-bond acceptors (Lipinski definition) is 6. The van der Waals surface area contributed by atoms with Gasteiger partial charge in [-0.3, -0.25) is 19.2 Å². The summed E-state index contributed by atoms with van der Waals surface area (Å²) in [6.45, 7) is 6.47. The van der Waals surface area contributed by atoms with Crippen LogP contribution in [0.2, 0.25) is 0 Å². The van der Waals surface area contributed by atoms with E-state index in [1.54, 1.807) is 6.92 Å². The Bertz CT molecular complexity index is 2080. The fourth-order valence-electron chi connectivity index (χ4n) is 4.35. The van der Waals surface area contributed by atoms with Crippen LogP contribution < -0.4 is 20.7 Å². The zero-order valence-electron chi connectivity index (χ0n) is 26.8. The minimum absolute atomic E-state index is 0.0853. The van der Waals surface area contributed by atoms with Crippen molar-refractivity contribution in [3.8, 4) is 100 Å². The first-order valence-corrected chi connectivity index (χ1v) is 14.4. The molecule has 5 amide bonds. The van der Waals surface area contributed by atoms with Crippen LogP contribution in [0.25, 0.3) is 0 Å². The van der Waals surface area contributed by atoms with E-state index in [2.05, 4.69) is 111 Å². The molecule has 3 rings (SSSR count). The number of urea groups is 1. The number of ketones is 1. The van der Waals surface area contributed by atoms with Crippen LogP contribution in [-0.4, -0.2) is 53.1 Å². The minimum atomic E-state index is -1.71. The van der Waals surface area contributed by atoms with Gasteiger partial charge in [-0.25, -0.2) is 9.69 Å². The van der Waals surface area contributed by atoms with Gasteiger partial charge in [-0.05, 0) is 141 Å². The average Bonchev–Trinajstić information content (AvgIpc) is 3.82. The van der Waals surface area contributed by atoms with Gasteiger partial charge in [0.25, 0.3) is 11.8 Å². The highest BCUT2D eigenvalue weighted by Crippen LogP contribution is 2.51. The summed E-state index contributed by atoms with van der Waals surface area (Å²) in [5.74, 6) is 36.9. The third-order valence-corrected chi connectivity index (χ3v) is 7.03. The molecule has 2 aliphatic rings. The van der Waals surface area contributed by atoms with Crippen LogP contribution in [0.5, 0.6) is 5.75 Å². The van der Waals surface area contributed by atoms with Crippen molar-refractivity contribution < 1.29 is 28.7 Å². The van der Waals surface area contributed by atoms with Crippen LogP contribution >= 0.6 is 0 Å². The Hall–Kier alpha value is -6.95. The molecule has 48 heavy (non-hydrogen) atoms. The van der Waals surface area contributed by atoms with Gasteiger partial charge in [0.15, 0.2) is 11.8 Å². The molecule has 1 atom stereocenters. The molecule has 1 aromatic carbocycles. The van der Waals surface area contributed by atoms with E-state index < -0.39 is 46.5 Å². The predicted molar refractivity (Wildman–Crippen MR) is 178 cm³/mol. The number of benzene rings is 1. The molecule has 1 aliphatic heterocycles. The lowest BCUT2D eigenvalue weighted by Gasteiger charge is -2.27. The maximum Gasteiger partial charge on any atom is 0.326 e. The van der Waals surface area contributed by atoms with Crippen LogP contribution in [0.4, 0.5) is 16.2 Å². The lowest BCUT2D eigenvalue weighted by Crippen LogP contribution is -2.55. The third-order valence-electron chi connectivity index (χ3n) is 7.03. The summed E-state index contributed by atoms with van der Waals surface area (Å²) in [6, 6.07) is 1.83. The molecule has 10 nitrogen and oxygen atoms in total. The lowest BCUT2D eigenvalue weighted by atomic mass is 9.90. The van der Waals surface area contributed by atoms with Gasteiger partial charge in [0.2, 0.25) is 0 Å². The first-order valence-electron chi connectivity index (χ1n) is 14.4. The number of amides is 5. The Labute approximate surface area is 279 Å². The van der Waals surface area contributed by atoms with Gasteiger partial charge >= 0.3 is 11.9 Å². The number of carbonyl (C=O) groups excluding carboxylic acids is 5. The largest absolute Gasteiger partial charge is 0.495 e. The summed E-state index contributed by atoms with van der Waals surface area (Å²) < 4.78 is 5.35. The molecule has 0 spiro atoms. The second-order valence-corrected chi connectivity index (χ2v) is 10.6. The number of methoxy groups -OCH3 is 1. The molecule has 1 unspecified atom stereocenters. The molecular weight excluding hydrogens is 608 g/mol. The first kappa shape index (κ1) is 35.5. The minimum Gasteiger partial charge on any atom is -0.495 e. The van der Waals surface area contributed by atoms with Crippen molar-refractivity contribution in [1.82, 2.24) is 10.2 Å². The van der Waals surface area contributed by atoms with E-state index in [-0.39, 0.29) is 17.1 Å². The summed E-state index contributed by atoms with van der Waals surface area (Å²) in [7, 11) is 1.37. The summed E-state index contributed by atoms with van der Waals surface area (Å²) in [6.07, 6.45) is 1.56. The van der Waals surface area contributed by atoms with Crippen molar-refractivity contribution in [2.45, 2.75) is 58.5 Å². The Morgan fingerprint density at radius 2 is 1.42 bits per heavy atom. The van der Waals surface area contributed by atoms with Crippen molar-refractivity contribution in [3.63, 3.8) is 0 Å². The smallest absolute Gasteiger partial charge is 0.326 e. The Kier molecular flexibility index (Phi) is 12.1. The molecule has 236 valence electrons. The number of rotatable bonds is 8. The number of hydrogen-bond donors (Lipinski definition) is 3. The second kappa shape index (κ2) is 16.4. The van der Waals surface area contributed by atoms with Gasteiger partial charge in [0, 0.05) is 17.0 Å². The number of ether oxygens (including phenoxy) is 1. The predicted octanol–water partition coefficient (Wildman–Crippen LogP) is 2.08. The van der Waals surface area contributed by atoms with Crippen LogP contribution in [0.3, 0.4) is 0 Å². The topological polar surface area (TPSA) is 134 Å². The van der Waals surface area contributed by atoms with Crippen LogP contribution in [0, 0.1) is 100 Å². The third kappa shape index (κ3) is 9.28. The van der Waals surface area contributed by atoms with Gasteiger partial charge in [-0.2, -0.15) is 0 Å². The number of Topliss-reactive ketones (excluding diaryl/α,β-unsaturated/α-hetero) is 1. The van der Waals surface area contributed by atoms with Gasteiger partial charge in [-0.1, -0.05) is 12.8 Å². The molecule has 2 fully saturated rings. The molecular formula is C38H28N4O6. The van der Waals surface area contributed by atoms with Crippen LogP contribution in [0.1, 0.15) is 47.0 Å². The highest BCUT2D eigenvalue weighted by Gasteiger charge is 2.58. The van der Waals surface area contributed by atoms with Crippen LogP contribution in [-0.2, 0) is 19.2 Å². The molecule has 1 aliphatic carbocycles. The van der Waals surface area contributed by atoms with E-state index >= 15 is 0 Å². The number of nitrogens with zero attached hydrogens (tertiary/aromatic N) is 1. The Morgan fingerprint density at radius 1 is 0.875 bits per heavy atom. The number of imide groups is 1. The molecule has 10 heteroatoms. The normalized spacial score (nSPS) is 14.1. The SMILES string of the molecule is CC#CC#CC#CC#CC#CC#CC#CC#CC(=O)Nc1ccc(OC)c(NC(=O)C(C(=O)C2(CC)CC2)N2C(=O)NC(C)(C)C2=O)c1. The van der Waals surface area contributed by atoms with Crippen molar-refractivity contribution >= 4 is 40.9 Å². The van der Waals surface area contributed by atoms with Crippen molar-refractivity contribution in [3.05, 3.63) is 18.2 Å². The van der Waals surface area contributed by atoms with Gasteiger partial charge in [0.05, 0.1) is 12.8 Å². The average molecular weight is 637 g/mol. The van der Waals surface area contributed by atoms with E-state index in [0.717, 1.165) is 0 Å². The summed E-state index contributed by atoms with van der Waals surface area (Å²) in [4.78, 5) is 66.3. The second-order valence-electron chi connectivity index (χ2n) is 10.6. The first-order chi connectivity index (χ1) is 23.0. The molecule has 0 radical (unpaired) electrons. The summed E-state index contributed by atoms with van der Waals surface area (Å²) >= 11 is 0. The zero-order valence-corrected chi connectivity index (χ0v) is 26.8. The van der Waals surface area contributed by atoms with Gasteiger partial charge in [-0.15, -0.1) is 0 Å². The quantitative estimate of drug-likeness (QED) is 0.227. The maximum absolute atomic E-state index is 13.7. The fourth-order valence-corrected chi connectivity index (χ4v) is 4.35. The van der Waals surface area contributed by atoms with Crippen molar-refractivity contribution in [2.24, 2.45) is 5.41 Å². The molecule has 0 aromatic heterocycles. The molecule has 3 N–H and O–H groups in total. The number of carbonyl (C=O) groups is 5. The molecule has 1 aromatic rings. The monoisotopic (exact) mass is 636 g/mol. The van der Waals surface area contributed by atoms with Crippen molar-refractivity contribution in [2.75, 3.05) is 17.7 Å². The highest BCUT2D eigenvalue weighted by atomic mass is 16.5. The highest BCUT2D eigenvalue weighted by molar-refractivity contribution is 6.21. The van der Waals surface area contributed by atoms with E-state index in [1.807, 2.05) is 6.92 Å². The fraction of sp³-hybridized carbons (Fsp3) is 0.289. The maximum atomic E-state index is 13.7. The summed E-state index contributed by atoms with van der Waals surface area (Å²) in [5, 5.41) is 7.68. The van der Waals surface area contributed by atoms with Crippen LogP contribution in [0.15, 0.2) is 18.2 Å². The molecule has 0 bridgehead atoms. The van der Waals surface area contributed by atoms with Gasteiger partial charge < -0.3 is 20.7 Å². The Morgan fingerprint density at radius 3 is 1.88 bits per heavy atom. The summed E-state index contributed by atoms with van der Waals surface area (Å²) in [5.41, 5.74) is -1.77. The van der Waals surface area contributed by atoms with E-state index in [0.29, 0.717) is 24.2 Å². The van der Waals surface area contributed by atoms with Crippen molar-refractivity contribution in [1.29, 1.82) is 0 Å². The lowest BCUT2D eigenvalue weighted by molar-refractivity contribution is -0.143. The van der Waals surface area contributed by atoms with E-state index in [1.165, 1.54) is 39.2 Å². The number of anilines is 2. The molecule has 1 heterocycles. The Balaban J connectivity index is 1.71. The van der Waals surface area contributed by atoms with Gasteiger partial charge in [0.1, 0.15) is 11.3 Å². The molecule has 1 saturated carbocycles. The standard InChI is InChI=1S/C38H28N4O6/c1-6-8-9-10-11-12-13-14-15-16-17-18-19-20-21-22-31(43)39-28-23-24-30(48-5)29(27-28)40-34(45)32(33(44)38(7-2)25-26-38)42-35(46)37(3,4)41-36(42)47/h23-24,27,32H,7,25-26H2,1-5H3,(H,39,43)(H,40,45)(H,41,47). The van der Waals surface area contributed by atoms with E-state index in [9.17, 15) is 24.0 Å².